The highest BCUT2D eigenvalue weighted by Gasteiger charge is 2.03. The Kier molecular flexibility index (Phi) is 4.07. The van der Waals surface area contributed by atoms with E-state index in [4.69, 9.17) is 19.9 Å². The van der Waals surface area contributed by atoms with Gasteiger partial charge < -0.3 is 19.9 Å². The van der Waals surface area contributed by atoms with Gasteiger partial charge in [0.05, 0.1) is 13.7 Å². The molecule has 2 N–H and O–H groups in total. The van der Waals surface area contributed by atoms with Gasteiger partial charge in [0.25, 0.3) is 0 Å². The maximum absolute atomic E-state index is 5.62. The molecule has 0 saturated carbocycles. The second-order valence-electron chi connectivity index (χ2n) is 2.75. The molecule has 0 aliphatic rings. The van der Waals surface area contributed by atoms with Gasteiger partial charge >= 0.3 is 0 Å². The summed E-state index contributed by atoms with van der Waals surface area (Å²) in [7, 11) is 3.22. The molecule has 0 radical (unpaired) electrons. The Morgan fingerprint density at radius 1 is 1.14 bits per heavy atom. The van der Waals surface area contributed by atoms with E-state index in [9.17, 15) is 0 Å². The summed E-state index contributed by atoms with van der Waals surface area (Å²) in [5.41, 5.74) is 6.27. The molecule has 0 atom stereocenters. The van der Waals surface area contributed by atoms with Gasteiger partial charge in [-0.05, 0) is 12.1 Å². The topological polar surface area (TPSA) is 53.7 Å². The van der Waals surface area contributed by atoms with Crippen molar-refractivity contribution in [1.29, 1.82) is 0 Å². The number of ether oxygens (including phenoxy) is 3. The van der Waals surface area contributed by atoms with Gasteiger partial charge in [-0.2, -0.15) is 0 Å². The molecular formula is C10H15NO3. The van der Waals surface area contributed by atoms with Crippen LogP contribution >= 0.6 is 0 Å². The molecule has 0 bridgehead atoms. The molecule has 4 nitrogen and oxygen atoms in total. The van der Waals surface area contributed by atoms with Gasteiger partial charge in [0, 0.05) is 18.9 Å². The number of rotatable bonds is 5. The van der Waals surface area contributed by atoms with Gasteiger partial charge in [-0.1, -0.05) is 0 Å². The van der Waals surface area contributed by atoms with Crippen molar-refractivity contribution in [3.63, 3.8) is 0 Å². The van der Waals surface area contributed by atoms with Crippen molar-refractivity contribution in [3.8, 4) is 11.5 Å². The Labute approximate surface area is 83.6 Å². The first-order valence-electron chi connectivity index (χ1n) is 4.33. The van der Waals surface area contributed by atoms with Gasteiger partial charge in [0.15, 0.2) is 11.5 Å². The number of methoxy groups -OCH3 is 2. The van der Waals surface area contributed by atoms with Gasteiger partial charge in [-0.15, -0.1) is 0 Å². The van der Waals surface area contributed by atoms with Gasteiger partial charge in [-0.25, -0.2) is 0 Å². The maximum atomic E-state index is 5.62. The van der Waals surface area contributed by atoms with Crippen LogP contribution in [-0.4, -0.2) is 27.4 Å². The largest absolute Gasteiger partial charge is 0.493 e. The van der Waals surface area contributed by atoms with E-state index in [1.807, 2.05) is 0 Å². The molecular weight excluding hydrogens is 182 g/mol. The SMILES string of the molecule is COCCOc1cc(N)ccc1OC. The van der Waals surface area contributed by atoms with Crippen LogP contribution in [0.1, 0.15) is 0 Å². The Bertz CT molecular complexity index is 289. The molecule has 0 aliphatic carbocycles. The highest BCUT2D eigenvalue weighted by Crippen LogP contribution is 2.28. The lowest BCUT2D eigenvalue weighted by molar-refractivity contribution is 0.144. The van der Waals surface area contributed by atoms with Crippen LogP contribution < -0.4 is 15.2 Å². The van der Waals surface area contributed by atoms with Crippen molar-refractivity contribution < 1.29 is 14.2 Å². The number of hydrogen-bond acceptors (Lipinski definition) is 4. The van der Waals surface area contributed by atoms with Crippen molar-refractivity contribution in [2.24, 2.45) is 0 Å². The molecule has 78 valence electrons. The van der Waals surface area contributed by atoms with Crippen LogP contribution in [0.2, 0.25) is 0 Å². The fourth-order valence-electron chi connectivity index (χ4n) is 1.04. The molecule has 1 rings (SSSR count). The van der Waals surface area contributed by atoms with Gasteiger partial charge in [0.1, 0.15) is 6.61 Å². The number of nitrogen functional groups attached to an aromatic ring is 1. The van der Waals surface area contributed by atoms with E-state index >= 15 is 0 Å². The van der Waals surface area contributed by atoms with Gasteiger partial charge in [0.2, 0.25) is 0 Å². The average Bonchev–Trinajstić information content (AvgIpc) is 2.19. The van der Waals surface area contributed by atoms with E-state index in [1.165, 1.54) is 0 Å². The third-order valence-corrected chi connectivity index (χ3v) is 1.73. The highest BCUT2D eigenvalue weighted by molar-refractivity contribution is 5.51. The fraction of sp³-hybridized carbons (Fsp3) is 0.400. The first kappa shape index (κ1) is 10.7. The highest BCUT2D eigenvalue weighted by atomic mass is 16.5. The molecule has 0 amide bonds. The van der Waals surface area contributed by atoms with Crippen molar-refractivity contribution >= 4 is 5.69 Å². The quantitative estimate of drug-likeness (QED) is 0.571. The minimum atomic E-state index is 0.482. The van der Waals surface area contributed by atoms with Crippen molar-refractivity contribution in [2.45, 2.75) is 0 Å². The van der Waals surface area contributed by atoms with E-state index in [2.05, 4.69) is 0 Å². The van der Waals surface area contributed by atoms with Crippen LogP contribution in [0.4, 0.5) is 5.69 Å². The predicted molar refractivity (Wildman–Crippen MR) is 54.8 cm³/mol. The zero-order valence-electron chi connectivity index (χ0n) is 8.45. The minimum absolute atomic E-state index is 0.482. The molecule has 1 aromatic carbocycles. The Morgan fingerprint density at radius 2 is 1.93 bits per heavy atom. The molecule has 0 saturated heterocycles. The molecule has 0 fully saturated rings. The van der Waals surface area contributed by atoms with Crippen molar-refractivity contribution in [3.05, 3.63) is 18.2 Å². The van der Waals surface area contributed by atoms with Crippen LogP contribution in [0.25, 0.3) is 0 Å². The lowest BCUT2D eigenvalue weighted by Crippen LogP contribution is -2.05. The number of anilines is 1. The number of benzene rings is 1. The summed E-state index contributed by atoms with van der Waals surface area (Å²) >= 11 is 0. The van der Waals surface area contributed by atoms with E-state index in [0.717, 1.165) is 0 Å². The van der Waals surface area contributed by atoms with Crippen LogP contribution in [0, 0.1) is 0 Å². The molecule has 0 unspecified atom stereocenters. The number of nitrogens with two attached hydrogens (primary N) is 1. The van der Waals surface area contributed by atoms with Crippen LogP contribution in [0.3, 0.4) is 0 Å². The Morgan fingerprint density at radius 3 is 2.57 bits per heavy atom. The zero-order valence-corrected chi connectivity index (χ0v) is 8.45. The summed E-state index contributed by atoms with van der Waals surface area (Å²) in [6.45, 7) is 1.02. The minimum Gasteiger partial charge on any atom is -0.493 e. The van der Waals surface area contributed by atoms with E-state index in [0.29, 0.717) is 30.4 Å². The van der Waals surface area contributed by atoms with Crippen molar-refractivity contribution in [1.82, 2.24) is 0 Å². The standard InChI is InChI=1S/C10H15NO3/c1-12-5-6-14-10-7-8(11)3-4-9(10)13-2/h3-4,7H,5-6,11H2,1-2H3. The molecule has 0 aromatic heterocycles. The van der Waals surface area contributed by atoms with Gasteiger partial charge in [-0.3, -0.25) is 0 Å². The summed E-state index contributed by atoms with van der Waals surface area (Å²) in [5.74, 6) is 1.32. The summed E-state index contributed by atoms with van der Waals surface area (Å²) < 4.78 is 15.4. The van der Waals surface area contributed by atoms with E-state index in [1.54, 1.807) is 32.4 Å². The summed E-state index contributed by atoms with van der Waals surface area (Å²) in [5, 5.41) is 0. The van der Waals surface area contributed by atoms with Crippen LogP contribution in [0.15, 0.2) is 18.2 Å². The summed E-state index contributed by atoms with van der Waals surface area (Å²) in [4.78, 5) is 0. The second kappa shape index (κ2) is 5.34. The predicted octanol–water partition coefficient (Wildman–Crippen LogP) is 1.30. The molecule has 0 heterocycles. The molecule has 1 aromatic rings. The zero-order chi connectivity index (χ0) is 10.4. The molecule has 0 spiro atoms. The summed E-state index contributed by atoms with van der Waals surface area (Å²) in [6.07, 6.45) is 0. The monoisotopic (exact) mass is 197 g/mol. The van der Waals surface area contributed by atoms with Crippen LogP contribution in [-0.2, 0) is 4.74 Å². The first-order valence-corrected chi connectivity index (χ1v) is 4.33. The second-order valence-corrected chi connectivity index (χ2v) is 2.75. The fourth-order valence-corrected chi connectivity index (χ4v) is 1.04. The maximum Gasteiger partial charge on any atom is 0.163 e. The smallest absolute Gasteiger partial charge is 0.163 e. The third-order valence-electron chi connectivity index (χ3n) is 1.73. The Balaban J connectivity index is 2.67. The Hall–Kier alpha value is -1.42. The molecule has 0 aliphatic heterocycles. The molecule has 4 heteroatoms. The lowest BCUT2D eigenvalue weighted by atomic mass is 10.3. The van der Waals surface area contributed by atoms with E-state index in [-0.39, 0.29) is 0 Å². The molecule has 14 heavy (non-hydrogen) atoms. The van der Waals surface area contributed by atoms with Crippen molar-refractivity contribution in [2.75, 3.05) is 33.2 Å². The van der Waals surface area contributed by atoms with Crippen LogP contribution in [0.5, 0.6) is 11.5 Å². The lowest BCUT2D eigenvalue weighted by Gasteiger charge is -2.10. The first-order chi connectivity index (χ1) is 6.77. The third kappa shape index (κ3) is 2.81. The summed E-state index contributed by atoms with van der Waals surface area (Å²) in [6, 6.07) is 5.27. The number of hydrogen-bond donors (Lipinski definition) is 1. The van der Waals surface area contributed by atoms with E-state index < -0.39 is 0 Å². The normalized spacial score (nSPS) is 9.86. The average molecular weight is 197 g/mol.